The summed E-state index contributed by atoms with van der Waals surface area (Å²) in [4.78, 5) is 11.1. The molecule has 3 N–H and O–H groups in total. The Bertz CT molecular complexity index is 372. The molecule has 18 heavy (non-hydrogen) atoms. The van der Waals surface area contributed by atoms with Gasteiger partial charge in [-0.3, -0.25) is 0 Å². The SMILES string of the molecule is CC(C)(C)OC(=O)NN=CC(I)=C(N)C(F)(F)F. The first kappa shape index (κ1) is 17.0. The molecular formula is C9H13F3IN3O2. The van der Waals surface area contributed by atoms with E-state index in [0.29, 0.717) is 0 Å². The minimum Gasteiger partial charge on any atom is -0.443 e. The van der Waals surface area contributed by atoms with Crippen LogP contribution in [0.3, 0.4) is 0 Å². The number of hydrazone groups is 1. The van der Waals surface area contributed by atoms with Gasteiger partial charge in [0, 0.05) is 0 Å². The highest BCUT2D eigenvalue weighted by Crippen LogP contribution is 2.25. The van der Waals surface area contributed by atoms with E-state index in [1.54, 1.807) is 20.8 Å². The highest BCUT2D eigenvalue weighted by Gasteiger charge is 2.33. The Morgan fingerprint density at radius 1 is 1.39 bits per heavy atom. The van der Waals surface area contributed by atoms with E-state index in [-0.39, 0.29) is 3.58 Å². The quantitative estimate of drug-likeness (QED) is 0.440. The summed E-state index contributed by atoms with van der Waals surface area (Å²) in [5.41, 5.74) is 4.75. The molecule has 0 heterocycles. The molecule has 0 aliphatic rings. The molecule has 0 rings (SSSR count). The van der Waals surface area contributed by atoms with Gasteiger partial charge in [0.25, 0.3) is 0 Å². The topological polar surface area (TPSA) is 76.7 Å². The van der Waals surface area contributed by atoms with Crippen molar-refractivity contribution in [2.75, 3.05) is 0 Å². The average molecular weight is 379 g/mol. The van der Waals surface area contributed by atoms with Gasteiger partial charge < -0.3 is 10.5 Å². The molecule has 0 unspecified atom stereocenters. The van der Waals surface area contributed by atoms with Gasteiger partial charge in [-0.15, -0.1) is 0 Å². The van der Waals surface area contributed by atoms with Crippen molar-refractivity contribution in [2.45, 2.75) is 32.5 Å². The van der Waals surface area contributed by atoms with E-state index in [0.717, 1.165) is 6.21 Å². The van der Waals surface area contributed by atoms with Gasteiger partial charge in [-0.05, 0) is 43.4 Å². The minimum atomic E-state index is -4.63. The predicted molar refractivity (Wildman–Crippen MR) is 69.2 cm³/mol. The maximum atomic E-state index is 12.1. The van der Waals surface area contributed by atoms with Crippen LogP contribution < -0.4 is 11.2 Å². The molecule has 1 amide bonds. The second-order valence-electron chi connectivity index (χ2n) is 4.13. The van der Waals surface area contributed by atoms with Crippen LogP contribution in [0.2, 0.25) is 0 Å². The van der Waals surface area contributed by atoms with Crippen LogP contribution in [0.5, 0.6) is 0 Å². The fourth-order valence-corrected chi connectivity index (χ4v) is 1.09. The van der Waals surface area contributed by atoms with Gasteiger partial charge in [0.2, 0.25) is 0 Å². The molecule has 0 aromatic heterocycles. The zero-order valence-corrected chi connectivity index (χ0v) is 12.1. The molecule has 0 aliphatic heterocycles. The third-order valence-electron chi connectivity index (χ3n) is 1.30. The summed E-state index contributed by atoms with van der Waals surface area (Å²) in [7, 11) is 0. The van der Waals surface area contributed by atoms with Crippen molar-refractivity contribution in [1.29, 1.82) is 0 Å². The van der Waals surface area contributed by atoms with Crippen molar-refractivity contribution < 1.29 is 22.7 Å². The van der Waals surface area contributed by atoms with Gasteiger partial charge in [-0.1, -0.05) is 0 Å². The zero-order chi connectivity index (χ0) is 14.6. The lowest BCUT2D eigenvalue weighted by Crippen LogP contribution is -2.30. The molecule has 0 bridgehead atoms. The molecule has 5 nitrogen and oxygen atoms in total. The summed E-state index contributed by atoms with van der Waals surface area (Å²) >= 11 is 1.36. The molecule has 0 atom stereocenters. The van der Waals surface area contributed by atoms with Crippen LogP contribution >= 0.6 is 22.6 Å². The van der Waals surface area contributed by atoms with Crippen LogP contribution in [0, 0.1) is 0 Å². The zero-order valence-electron chi connectivity index (χ0n) is 9.93. The minimum absolute atomic E-state index is 0.337. The number of nitrogens with one attached hydrogen (secondary N) is 1. The molecule has 0 spiro atoms. The summed E-state index contributed by atoms with van der Waals surface area (Å²) < 4.78 is 40.9. The Balaban J connectivity index is 4.48. The first-order valence-corrected chi connectivity index (χ1v) is 5.76. The fraction of sp³-hybridized carbons (Fsp3) is 0.556. The maximum Gasteiger partial charge on any atom is 0.431 e. The van der Waals surface area contributed by atoms with Crippen LogP contribution in [0.4, 0.5) is 18.0 Å². The Labute approximate surface area is 116 Å². The van der Waals surface area contributed by atoms with Crippen LogP contribution in [0.1, 0.15) is 20.8 Å². The molecule has 0 fully saturated rings. The predicted octanol–water partition coefficient (Wildman–Crippen LogP) is 2.66. The molecule has 0 saturated heterocycles. The first-order chi connectivity index (χ1) is 7.93. The Morgan fingerprint density at radius 3 is 2.28 bits per heavy atom. The number of halogens is 4. The lowest BCUT2D eigenvalue weighted by atomic mass is 10.2. The Morgan fingerprint density at radius 2 is 1.89 bits per heavy atom. The number of nitrogens with zero attached hydrogens (tertiary/aromatic N) is 1. The number of amides is 1. The fourth-order valence-electron chi connectivity index (χ4n) is 0.648. The molecule has 9 heteroatoms. The number of carbonyl (C=O) groups is 1. The first-order valence-electron chi connectivity index (χ1n) is 4.68. The summed E-state index contributed by atoms with van der Waals surface area (Å²) in [6, 6.07) is 0. The summed E-state index contributed by atoms with van der Waals surface area (Å²) in [6.07, 6.45) is -4.71. The number of ether oxygens (including phenoxy) is 1. The highest BCUT2D eigenvalue weighted by atomic mass is 127. The van der Waals surface area contributed by atoms with Gasteiger partial charge in [0.1, 0.15) is 11.3 Å². The Kier molecular flexibility index (Phi) is 5.90. The number of alkyl halides is 3. The van der Waals surface area contributed by atoms with E-state index in [4.69, 9.17) is 10.5 Å². The van der Waals surface area contributed by atoms with Crippen molar-refractivity contribution in [2.24, 2.45) is 10.8 Å². The summed E-state index contributed by atoms with van der Waals surface area (Å²) in [5, 5.41) is 3.30. The maximum absolute atomic E-state index is 12.1. The molecular weight excluding hydrogens is 366 g/mol. The van der Waals surface area contributed by atoms with Gasteiger partial charge in [0.15, 0.2) is 0 Å². The monoisotopic (exact) mass is 379 g/mol. The van der Waals surface area contributed by atoms with Gasteiger partial charge >= 0.3 is 12.3 Å². The van der Waals surface area contributed by atoms with Crippen molar-refractivity contribution in [3.8, 4) is 0 Å². The second kappa shape index (κ2) is 6.25. The smallest absolute Gasteiger partial charge is 0.431 e. The average Bonchev–Trinajstić information content (AvgIpc) is 2.11. The van der Waals surface area contributed by atoms with Gasteiger partial charge in [0.05, 0.1) is 9.79 Å². The van der Waals surface area contributed by atoms with E-state index >= 15 is 0 Å². The summed E-state index contributed by atoms with van der Waals surface area (Å²) in [5.74, 6) is 0. The lowest BCUT2D eigenvalue weighted by molar-refractivity contribution is -0.0926. The number of nitrogens with two attached hydrogens (primary N) is 1. The van der Waals surface area contributed by atoms with E-state index in [9.17, 15) is 18.0 Å². The third kappa shape index (κ3) is 7.35. The van der Waals surface area contributed by atoms with Crippen LogP contribution in [0.15, 0.2) is 14.4 Å². The normalized spacial score (nSPS) is 14.4. The van der Waals surface area contributed by atoms with Gasteiger partial charge in [-0.25, -0.2) is 10.2 Å². The molecule has 0 aromatic rings. The van der Waals surface area contributed by atoms with Crippen LogP contribution in [-0.4, -0.2) is 24.1 Å². The third-order valence-corrected chi connectivity index (χ3v) is 2.15. The van der Waals surface area contributed by atoms with E-state index in [2.05, 4.69) is 5.10 Å². The van der Waals surface area contributed by atoms with Crippen molar-refractivity contribution >= 4 is 34.9 Å². The summed E-state index contributed by atoms with van der Waals surface area (Å²) in [6.45, 7) is 4.92. The van der Waals surface area contributed by atoms with Crippen molar-refractivity contribution in [1.82, 2.24) is 5.43 Å². The van der Waals surface area contributed by atoms with Crippen LogP contribution in [-0.2, 0) is 4.74 Å². The largest absolute Gasteiger partial charge is 0.443 e. The molecule has 104 valence electrons. The van der Waals surface area contributed by atoms with Crippen LogP contribution in [0.25, 0.3) is 0 Å². The van der Waals surface area contributed by atoms with Gasteiger partial charge in [-0.2, -0.15) is 18.3 Å². The van der Waals surface area contributed by atoms with Crippen molar-refractivity contribution in [3.05, 3.63) is 9.28 Å². The molecule has 0 aliphatic carbocycles. The second-order valence-corrected chi connectivity index (χ2v) is 5.29. The van der Waals surface area contributed by atoms with E-state index in [1.165, 1.54) is 22.6 Å². The van der Waals surface area contributed by atoms with E-state index in [1.807, 2.05) is 5.43 Å². The Hall–Kier alpha value is -1.00. The molecule has 0 aromatic carbocycles. The van der Waals surface area contributed by atoms with Crippen molar-refractivity contribution in [3.63, 3.8) is 0 Å². The lowest BCUT2D eigenvalue weighted by Gasteiger charge is -2.18. The number of hydrogen-bond acceptors (Lipinski definition) is 4. The highest BCUT2D eigenvalue weighted by molar-refractivity contribution is 14.1. The number of rotatable bonds is 2. The standard InChI is InChI=1S/C9H13F3IN3O2/c1-8(2,3)18-7(17)16-15-4-5(13)6(14)9(10,11)12/h4H,14H2,1-3H3,(H,16,17). The molecule has 0 saturated carbocycles. The number of carbonyl (C=O) groups excluding carboxylic acids is 1. The van der Waals surface area contributed by atoms with E-state index < -0.39 is 23.6 Å². The molecule has 0 radical (unpaired) electrons. The number of allylic oxidation sites excluding steroid dienone is 2. The number of hydrogen-bond donors (Lipinski definition) is 2.